The first kappa shape index (κ1) is 14.8. The van der Waals surface area contributed by atoms with Crippen LogP contribution in [-0.2, 0) is 12.8 Å². The molecule has 0 saturated heterocycles. The molecule has 3 nitrogen and oxygen atoms in total. The molecule has 0 aliphatic heterocycles. The maximum absolute atomic E-state index is 4.98. The van der Waals surface area contributed by atoms with E-state index in [9.17, 15) is 0 Å². The van der Waals surface area contributed by atoms with E-state index in [4.69, 9.17) is 9.97 Å². The Morgan fingerprint density at radius 2 is 1.76 bits per heavy atom. The zero-order valence-corrected chi connectivity index (χ0v) is 13.6. The van der Waals surface area contributed by atoms with Crippen molar-refractivity contribution in [1.29, 1.82) is 0 Å². The molecule has 0 bridgehead atoms. The van der Waals surface area contributed by atoms with E-state index in [2.05, 4.69) is 19.2 Å². The van der Waals surface area contributed by atoms with Crippen molar-refractivity contribution in [2.45, 2.75) is 77.6 Å². The lowest BCUT2D eigenvalue weighted by atomic mass is 9.80. The highest BCUT2D eigenvalue weighted by Gasteiger charge is 2.26. The third-order valence-electron chi connectivity index (χ3n) is 5.33. The molecule has 1 fully saturated rings. The highest BCUT2D eigenvalue weighted by atomic mass is 15.0. The summed E-state index contributed by atoms with van der Waals surface area (Å²) in [5.74, 6) is 3.79. The average molecular weight is 287 g/mol. The molecule has 21 heavy (non-hydrogen) atoms. The molecule has 1 heterocycles. The first-order valence-electron chi connectivity index (χ1n) is 8.95. The van der Waals surface area contributed by atoms with Gasteiger partial charge in [0, 0.05) is 23.7 Å². The maximum Gasteiger partial charge on any atom is 0.134 e. The molecule has 0 amide bonds. The van der Waals surface area contributed by atoms with E-state index in [1.165, 1.54) is 56.2 Å². The maximum atomic E-state index is 4.98. The Balaban J connectivity index is 1.83. The Morgan fingerprint density at radius 1 is 1.00 bits per heavy atom. The molecule has 0 unspecified atom stereocenters. The standard InChI is InChI=1S/C18H29N3/c1-3-13-9-11-14(12-10-13)17-20-16-8-6-5-7-15(16)18(21-17)19-4-2/h13-14H,3-12H2,1-2H3,(H,19,20,21). The van der Waals surface area contributed by atoms with E-state index in [1.807, 2.05) is 0 Å². The summed E-state index contributed by atoms with van der Waals surface area (Å²) < 4.78 is 0. The van der Waals surface area contributed by atoms with Gasteiger partial charge in [0.05, 0.1) is 0 Å². The van der Waals surface area contributed by atoms with Gasteiger partial charge in [-0.1, -0.05) is 13.3 Å². The zero-order chi connectivity index (χ0) is 14.7. The fraction of sp³-hybridized carbons (Fsp3) is 0.778. The van der Waals surface area contributed by atoms with Crippen LogP contribution in [0, 0.1) is 5.92 Å². The minimum Gasteiger partial charge on any atom is -0.370 e. The molecular weight excluding hydrogens is 258 g/mol. The predicted molar refractivity (Wildman–Crippen MR) is 87.8 cm³/mol. The van der Waals surface area contributed by atoms with Crippen LogP contribution in [0.25, 0.3) is 0 Å². The third-order valence-corrected chi connectivity index (χ3v) is 5.33. The monoisotopic (exact) mass is 287 g/mol. The van der Waals surface area contributed by atoms with Crippen molar-refractivity contribution in [2.75, 3.05) is 11.9 Å². The molecule has 3 rings (SSSR count). The molecular formula is C18H29N3. The molecule has 2 aliphatic rings. The SMILES string of the molecule is CCNc1nc(C2CCC(CC)CC2)nc2c1CCCC2. The van der Waals surface area contributed by atoms with E-state index < -0.39 is 0 Å². The van der Waals surface area contributed by atoms with Crippen molar-refractivity contribution in [3.63, 3.8) is 0 Å². The van der Waals surface area contributed by atoms with Gasteiger partial charge in [0.15, 0.2) is 0 Å². The van der Waals surface area contributed by atoms with Gasteiger partial charge >= 0.3 is 0 Å². The number of fused-ring (bicyclic) bond motifs is 1. The second-order valence-electron chi connectivity index (χ2n) is 6.72. The van der Waals surface area contributed by atoms with Gasteiger partial charge in [-0.25, -0.2) is 9.97 Å². The molecule has 0 atom stereocenters. The second-order valence-corrected chi connectivity index (χ2v) is 6.72. The normalized spacial score (nSPS) is 25.4. The van der Waals surface area contributed by atoms with Gasteiger partial charge in [-0.05, 0) is 64.2 Å². The number of anilines is 1. The van der Waals surface area contributed by atoms with E-state index in [-0.39, 0.29) is 0 Å². The lowest BCUT2D eigenvalue weighted by molar-refractivity contribution is 0.311. The van der Waals surface area contributed by atoms with Crippen LogP contribution in [0.3, 0.4) is 0 Å². The molecule has 1 N–H and O–H groups in total. The van der Waals surface area contributed by atoms with Gasteiger partial charge in [-0.3, -0.25) is 0 Å². The minimum atomic E-state index is 0.595. The summed E-state index contributed by atoms with van der Waals surface area (Å²) in [5, 5.41) is 3.48. The first-order valence-corrected chi connectivity index (χ1v) is 8.95. The lowest BCUT2D eigenvalue weighted by Gasteiger charge is -2.28. The van der Waals surface area contributed by atoms with Crippen molar-refractivity contribution in [3.05, 3.63) is 17.1 Å². The molecule has 0 radical (unpaired) electrons. The molecule has 1 saturated carbocycles. The van der Waals surface area contributed by atoms with Crippen molar-refractivity contribution in [2.24, 2.45) is 5.92 Å². The molecule has 1 aromatic heterocycles. The Hall–Kier alpha value is -1.12. The summed E-state index contributed by atoms with van der Waals surface area (Å²) in [6.45, 7) is 5.43. The lowest BCUT2D eigenvalue weighted by Crippen LogP contribution is -2.19. The molecule has 0 spiro atoms. The number of aryl methyl sites for hydroxylation is 1. The van der Waals surface area contributed by atoms with Crippen molar-refractivity contribution in [1.82, 2.24) is 9.97 Å². The van der Waals surface area contributed by atoms with Gasteiger partial charge in [0.2, 0.25) is 0 Å². The number of nitrogens with one attached hydrogen (secondary N) is 1. The Morgan fingerprint density at radius 3 is 2.48 bits per heavy atom. The van der Waals surface area contributed by atoms with Crippen molar-refractivity contribution in [3.8, 4) is 0 Å². The van der Waals surface area contributed by atoms with E-state index in [1.54, 1.807) is 0 Å². The minimum absolute atomic E-state index is 0.595. The highest BCUT2D eigenvalue weighted by Crippen LogP contribution is 2.37. The molecule has 0 aromatic carbocycles. The smallest absolute Gasteiger partial charge is 0.134 e. The predicted octanol–water partition coefficient (Wildman–Crippen LogP) is 4.47. The van der Waals surface area contributed by atoms with Crippen molar-refractivity contribution >= 4 is 5.82 Å². The second kappa shape index (κ2) is 6.76. The van der Waals surface area contributed by atoms with Crippen LogP contribution < -0.4 is 5.32 Å². The quantitative estimate of drug-likeness (QED) is 0.887. The van der Waals surface area contributed by atoms with Crippen LogP contribution in [0.5, 0.6) is 0 Å². The number of rotatable bonds is 4. The van der Waals surface area contributed by atoms with Crippen LogP contribution in [0.4, 0.5) is 5.82 Å². The molecule has 2 aliphatic carbocycles. The van der Waals surface area contributed by atoms with Gasteiger partial charge < -0.3 is 5.32 Å². The van der Waals surface area contributed by atoms with Gasteiger partial charge in [0.1, 0.15) is 11.6 Å². The Kier molecular flexibility index (Phi) is 4.77. The van der Waals surface area contributed by atoms with Crippen molar-refractivity contribution < 1.29 is 0 Å². The van der Waals surface area contributed by atoms with Crippen LogP contribution in [0.1, 0.15) is 81.8 Å². The number of aromatic nitrogens is 2. The van der Waals surface area contributed by atoms with Gasteiger partial charge in [0.25, 0.3) is 0 Å². The first-order chi connectivity index (χ1) is 10.3. The summed E-state index contributed by atoms with van der Waals surface area (Å²) in [6, 6.07) is 0. The van der Waals surface area contributed by atoms with Gasteiger partial charge in [-0.2, -0.15) is 0 Å². The summed E-state index contributed by atoms with van der Waals surface area (Å²) in [6.07, 6.45) is 11.5. The topological polar surface area (TPSA) is 37.8 Å². The summed E-state index contributed by atoms with van der Waals surface area (Å²) in [7, 11) is 0. The summed E-state index contributed by atoms with van der Waals surface area (Å²) >= 11 is 0. The fourth-order valence-corrected chi connectivity index (χ4v) is 3.94. The molecule has 116 valence electrons. The average Bonchev–Trinajstić information content (AvgIpc) is 2.55. The highest BCUT2D eigenvalue weighted by molar-refractivity contribution is 5.48. The zero-order valence-electron chi connectivity index (χ0n) is 13.6. The van der Waals surface area contributed by atoms with Crippen LogP contribution >= 0.6 is 0 Å². The largest absolute Gasteiger partial charge is 0.370 e. The van der Waals surface area contributed by atoms with Crippen LogP contribution in [0.2, 0.25) is 0 Å². The van der Waals surface area contributed by atoms with Gasteiger partial charge in [-0.15, -0.1) is 0 Å². The van der Waals surface area contributed by atoms with E-state index in [0.29, 0.717) is 5.92 Å². The molecule has 1 aromatic rings. The summed E-state index contributed by atoms with van der Waals surface area (Å²) in [5.41, 5.74) is 2.73. The number of hydrogen-bond acceptors (Lipinski definition) is 3. The Bertz CT molecular complexity index is 476. The van der Waals surface area contributed by atoms with Crippen LogP contribution in [0.15, 0.2) is 0 Å². The molecule has 3 heteroatoms. The van der Waals surface area contributed by atoms with Crippen LogP contribution in [-0.4, -0.2) is 16.5 Å². The third kappa shape index (κ3) is 3.22. The van der Waals surface area contributed by atoms with E-state index >= 15 is 0 Å². The fourth-order valence-electron chi connectivity index (χ4n) is 3.94. The van der Waals surface area contributed by atoms with E-state index in [0.717, 1.165) is 36.9 Å². The number of hydrogen-bond donors (Lipinski definition) is 1. The number of nitrogens with zero attached hydrogens (tertiary/aromatic N) is 2. The Labute approximate surface area is 129 Å². The summed E-state index contributed by atoms with van der Waals surface area (Å²) in [4.78, 5) is 9.91.